The zero-order valence-corrected chi connectivity index (χ0v) is 12.6. The minimum Gasteiger partial charge on any atom is -0.399 e. The van der Waals surface area contributed by atoms with Gasteiger partial charge in [-0.1, -0.05) is 6.92 Å². The molecule has 1 aliphatic rings. The van der Waals surface area contributed by atoms with E-state index < -0.39 is 0 Å². The van der Waals surface area contributed by atoms with Crippen molar-refractivity contribution in [3.63, 3.8) is 0 Å². The Morgan fingerprint density at radius 1 is 1.40 bits per heavy atom. The summed E-state index contributed by atoms with van der Waals surface area (Å²) in [6.07, 6.45) is 2.36. The molecule has 1 atom stereocenters. The van der Waals surface area contributed by atoms with Gasteiger partial charge in [0.2, 0.25) is 5.91 Å². The van der Waals surface area contributed by atoms with Gasteiger partial charge in [0.15, 0.2) is 0 Å². The van der Waals surface area contributed by atoms with Gasteiger partial charge in [0.25, 0.3) is 0 Å². The lowest BCUT2D eigenvalue weighted by Crippen LogP contribution is -2.45. The van der Waals surface area contributed by atoms with E-state index in [0.29, 0.717) is 0 Å². The standard InChI is InChI=1S/C16H25N3O/c1-11-6-8-19(9-7-11)13(3)16(20)18-15-5-4-14(17)10-12(15)2/h4-5,10-11,13H,6-9,17H2,1-3H3,(H,18,20). The highest BCUT2D eigenvalue weighted by atomic mass is 16.2. The van der Waals surface area contributed by atoms with Gasteiger partial charge < -0.3 is 11.1 Å². The van der Waals surface area contributed by atoms with Crippen LogP contribution in [0.4, 0.5) is 11.4 Å². The summed E-state index contributed by atoms with van der Waals surface area (Å²) in [5, 5.41) is 3.01. The number of nitrogens with one attached hydrogen (secondary N) is 1. The highest BCUT2D eigenvalue weighted by molar-refractivity contribution is 5.95. The maximum absolute atomic E-state index is 12.3. The number of rotatable bonds is 3. The number of nitrogens with two attached hydrogens (primary N) is 1. The van der Waals surface area contributed by atoms with E-state index in [9.17, 15) is 4.79 Å². The summed E-state index contributed by atoms with van der Waals surface area (Å²) in [7, 11) is 0. The largest absolute Gasteiger partial charge is 0.399 e. The van der Waals surface area contributed by atoms with Crippen LogP contribution in [0.3, 0.4) is 0 Å². The van der Waals surface area contributed by atoms with Gasteiger partial charge in [0, 0.05) is 11.4 Å². The zero-order valence-electron chi connectivity index (χ0n) is 12.6. The van der Waals surface area contributed by atoms with Crippen molar-refractivity contribution >= 4 is 17.3 Å². The minimum absolute atomic E-state index is 0.0624. The number of carbonyl (C=O) groups is 1. The van der Waals surface area contributed by atoms with Crippen LogP contribution in [-0.4, -0.2) is 29.9 Å². The fraction of sp³-hybridized carbons (Fsp3) is 0.562. The number of aryl methyl sites for hydroxylation is 1. The normalized spacial score (nSPS) is 18.8. The number of hydrogen-bond acceptors (Lipinski definition) is 3. The van der Waals surface area contributed by atoms with Gasteiger partial charge in [0.05, 0.1) is 6.04 Å². The number of likely N-dealkylation sites (tertiary alicyclic amines) is 1. The van der Waals surface area contributed by atoms with Crippen molar-refractivity contribution < 1.29 is 4.79 Å². The highest BCUT2D eigenvalue weighted by Crippen LogP contribution is 2.21. The lowest BCUT2D eigenvalue weighted by molar-refractivity contribution is -0.121. The van der Waals surface area contributed by atoms with Gasteiger partial charge in [0.1, 0.15) is 0 Å². The van der Waals surface area contributed by atoms with E-state index in [1.54, 1.807) is 0 Å². The predicted octanol–water partition coefficient (Wildman–Crippen LogP) is 2.64. The molecular formula is C16H25N3O. The van der Waals surface area contributed by atoms with Crippen LogP contribution >= 0.6 is 0 Å². The lowest BCUT2D eigenvalue weighted by Gasteiger charge is -2.34. The molecule has 0 bridgehead atoms. The van der Waals surface area contributed by atoms with Gasteiger partial charge in [-0.2, -0.15) is 0 Å². The fourth-order valence-corrected chi connectivity index (χ4v) is 2.65. The first-order chi connectivity index (χ1) is 9.47. The van der Waals surface area contributed by atoms with Crippen molar-refractivity contribution in [2.75, 3.05) is 24.1 Å². The smallest absolute Gasteiger partial charge is 0.241 e. The van der Waals surface area contributed by atoms with E-state index in [1.807, 2.05) is 32.0 Å². The SMILES string of the molecule is Cc1cc(N)ccc1NC(=O)C(C)N1CCC(C)CC1. The third-order valence-corrected chi connectivity index (χ3v) is 4.25. The van der Waals surface area contributed by atoms with Crippen LogP contribution in [0, 0.1) is 12.8 Å². The Balaban J connectivity index is 1.97. The van der Waals surface area contributed by atoms with Gasteiger partial charge in [-0.15, -0.1) is 0 Å². The number of amides is 1. The Labute approximate surface area is 121 Å². The topological polar surface area (TPSA) is 58.4 Å². The monoisotopic (exact) mass is 275 g/mol. The molecule has 1 amide bonds. The lowest BCUT2D eigenvalue weighted by atomic mass is 9.98. The molecule has 1 aromatic carbocycles. The fourth-order valence-electron chi connectivity index (χ4n) is 2.65. The Morgan fingerprint density at radius 2 is 2.05 bits per heavy atom. The molecule has 0 aliphatic carbocycles. The molecule has 110 valence electrons. The second kappa shape index (κ2) is 6.27. The number of hydrogen-bond donors (Lipinski definition) is 2. The van der Waals surface area contributed by atoms with Crippen molar-refractivity contribution in [3.05, 3.63) is 23.8 Å². The van der Waals surface area contributed by atoms with Crippen LogP contribution in [0.5, 0.6) is 0 Å². The van der Waals surface area contributed by atoms with Crippen molar-refractivity contribution in [2.45, 2.75) is 39.7 Å². The van der Waals surface area contributed by atoms with Gasteiger partial charge >= 0.3 is 0 Å². The average Bonchev–Trinajstić information content (AvgIpc) is 2.42. The number of nitrogens with zero attached hydrogens (tertiary/aromatic N) is 1. The third kappa shape index (κ3) is 3.51. The number of benzene rings is 1. The molecule has 1 unspecified atom stereocenters. The maximum Gasteiger partial charge on any atom is 0.241 e. The summed E-state index contributed by atoms with van der Waals surface area (Å²) in [5.74, 6) is 0.841. The van der Waals surface area contributed by atoms with Crippen molar-refractivity contribution in [1.82, 2.24) is 4.90 Å². The number of piperidine rings is 1. The Kier molecular flexibility index (Phi) is 4.65. The van der Waals surface area contributed by atoms with Crippen molar-refractivity contribution in [2.24, 2.45) is 5.92 Å². The van der Waals surface area contributed by atoms with E-state index in [4.69, 9.17) is 5.73 Å². The second-order valence-corrected chi connectivity index (χ2v) is 5.96. The minimum atomic E-state index is -0.0838. The Morgan fingerprint density at radius 3 is 2.65 bits per heavy atom. The molecule has 2 rings (SSSR count). The summed E-state index contributed by atoms with van der Waals surface area (Å²) in [4.78, 5) is 14.6. The molecule has 0 aromatic heterocycles. The number of nitrogen functional groups attached to an aromatic ring is 1. The molecule has 20 heavy (non-hydrogen) atoms. The number of carbonyl (C=O) groups excluding carboxylic acids is 1. The van der Waals surface area contributed by atoms with Gasteiger partial charge in [-0.25, -0.2) is 0 Å². The summed E-state index contributed by atoms with van der Waals surface area (Å²) in [5.41, 5.74) is 8.29. The summed E-state index contributed by atoms with van der Waals surface area (Å²) < 4.78 is 0. The molecule has 4 heteroatoms. The quantitative estimate of drug-likeness (QED) is 0.834. The van der Waals surface area contributed by atoms with Crippen LogP contribution in [-0.2, 0) is 4.79 Å². The van der Waals surface area contributed by atoms with E-state index in [0.717, 1.165) is 35.9 Å². The molecule has 3 N–H and O–H groups in total. The molecule has 1 fully saturated rings. The molecule has 1 aliphatic heterocycles. The Bertz CT molecular complexity index is 479. The van der Waals surface area contributed by atoms with E-state index in [-0.39, 0.29) is 11.9 Å². The van der Waals surface area contributed by atoms with Gasteiger partial charge in [-0.05, 0) is 69.5 Å². The third-order valence-electron chi connectivity index (χ3n) is 4.25. The first kappa shape index (κ1) is 14.9. The molecule has 0 spiro atoms. The molecule has 4 nitrogen and oxygen atoms in total. The van der Waals surface area contributed by atoms with Crippen LogP contribution in [0.15, 0.2) is 18.2 Å². The molecule has 0 radical (unpaired) electrons. The molecule has 1 saturated heterocycles. The predicted molar refractivity (Wildman–Crippen MR) is 83.7 cm³/mol. The molecule has 1 aromatic rings. The highest BCUT2D eigenvalue weighted by Gasteiger charge is 2.25. The van der Waals surface area contributed by atoms with Gasteiger partial charge in [-0.3, -0.25) is 9.69 Å². The van der Waals surface area contributed by atoms with E-state index in [1.165, 1.54) is 12.8 Å². The van der Waals surface area contributed by atoms with E-state index >= 15 is 0 Å². The van der Waals surface area contributed by atoms with Crippen LogP contribution in [0.2, 0.25) is 0 Å². The average molecular weight is 275 g/mol. The van der Waals surface area contributed by atoms with Crippen LogP contribution < -0.4 is 11.1 Å². The first-order valence-electron chi connectivity index (χ1n) is 7.38. The maximum atomic E-state index is 12.3. The van der Waals surface area contributed by atoms with Crippen molar-refractivity contribution in [1.29, 1.82) is 0 Å². The van der Waals surface area contributed by atoms with Crippen molar-refractivity contribution in [3.8, 4) is 0 Å². The van der Waals surface area contributed by atoms with E-state index in [2.05, 4.69) is 17.1 Å². The molecule has 0 saturated carbocycles. The first-order valence-corrected chi connectivity index (χ1v) is 7.38. The Hall–Kier alpha value is -1.55. The second-order valence-electron chi connectivity index (χ2n) is 5.96. The van der Waals surface area contributed by atoms with Crippen LogP contribution in [0.25, 0.3) is 0 Å². The molecular weight excluding hydrogens is 250 g/mol. The summed E-state index contributed by atoms with van der Waals surface area (Å²) in [6, 6.07) is 5.48. The molecule has 1 heterocycles. The summed E-state index contributed by atoms with van der Waals surface area (Å²) in [6.45, 7) is 8.24. The van der Waals surface area contributed by atoms with Crippen LogP contribution in [0.1, 0.15) is 32.3 Å². The summed E-state index contributed by atoms with van der Waals surface area (Å²) >= 11 is 0. The zero-order chi connectivity index (χ0) is 14.7. The number of anilines is 2.